The summed E-state index contributed by atoms with van der Waals surface area (Å²) in [6.07, 6.45) is 0.406. The Bertz CT molecular complexity index is 406. The van der Waals surface area contributed by atoms with Gasteiger partial charge in [-0.2, -0.15) is 0 Å². The molecule has 1 amide bonds. The monoisotopic (exact) mass is 222 g/mol. The van der Waals surface area contributed by atoms with Gasteiger partial charge < -0.3 is 9.47 Å². The number of hydrogen-bond donors (Lipinski definition) is 2. The molecule has 0 aromatic heterocycles. The van der Waals surface area contributed by atoms with Crippen molar-refractivity contribution in [3.63, 3.8) is 0 Å². The first-order valence-corrected chi connectivity index (χ1v) is 5.01. The number of carbonyl (C=O) groups excluding carboxylic acids is 1. The van der Waals surface area contributed by atoms with Crippen LogP contribution in [-0.4, -0.2) is 20.1 Å². The van der Waals surface area contributed by atoms with E-state index in [-0.39, 0.29) is 11.9 Å². The summed E-state index contributed by atoms with van der Waals surface area (Å²) in [5, 5.41) is 0. The maximum atomic E-state index is 11.1. The zero-order valence-electron chi connectivity index (χ0n) is 9.24. The van der Waals surface area contributed by atoms with Crippen molar-refractivity contribution >= 4 is 5.91 Å². The van der Waals surface area contributed by atoms with Gasteiger partial charge in [0.2, 0.25) is 5.91 Å². The van der Waals surface area contributed by atoms with Crippen molar-refractivity contribution in [1.82, 2.24) is 10.9 Å². The Kier molecular flexibility index (Phi) is 2.96. The van der Waals surface area contributed by atoms with Crippen LogP contribution in [0.1, 0.15) is 18.0 Å². The van der Waals surface area contributed by atoms with E-state index in [1.165, 1.54) is 0 Å². The fourth-order valence-electron chi connectivity index (χ4n) is 1.83. The molecule has 2 rings (SSSR count). The number of benzene rings is 1. The highest BCUT2D eigenvalue weighted by molar-refractivity contribution is 5.78. The number of carbonyl (C=O) groups is 1. The molecule has 16 heavy (non-hydrogen) atoms. The van der Waals surface area contributed by atoms with Crippen molar-refractivity contribution < 1.29 is 14.3 Å². The second kappa shape index (κ2) is 4.40. The smallest absolute Gasteiger partial charge is 0.236 e. The predicted molar refractivity (Wildman–Crippen MR) is 58.2 cm³/mol. The number of nitrogens with one attached hydrogen (secondary N) is 2. The summed E-state index contributed by atoms with van der Waals surface area (Å²) >= 11 is 0. The van der Waals surface area contributed by atoms with Crippen molar-refractivity contribution in [2.24, 2.45) is 0 Å². The van der Waals surface area contributed by atoms with Crippen LogP contribution in [0.15, 0.2) is 18.2 Å². The first-order chi connectivity index (χ1) is 7.76. The van der Waals surface area contributed by atoms with E-state index in [0.717, 1.165) is 5.56 Å². The van der Waals surface area contributed by atoms with Gasteiger partial charge in [0.25, 0.3) is 0 Å². The molecule has 1 heterocycles. The number of ether oxygens (including phenoxy) is 2. The van der Waals surface area contributed by atoms with Crippen molar-refractivity contribution in [3.8, 4) is 11.5 Å². The standard InChI is InChI=1S/C11H14N2O3/c1-15-9-5-3-4-7(11(9)16-2)8-6-10(14)13-12-8/h3-5,8,12H,6H2,1-2H3,(H,13,14)/t8-/m0/s1. The molecule has 1 aromatic carbocycles. The molecule has 5 heteroatoms. The SMILES string of the molecule is COc1cccc([C@@H]2CC(=O)NN2)c1OC. The van der Waals surface area contributed by atoms with Crippen molar-refractivity contribution in [1.29, 1.82) is 0 Å². The Balaban J connectivity index is 2.36. The largest absolute Gasteiger partial charge is 0.493 e. The molecule has 1 saturated heterocycles. The lowest BCUT2D eigenvalue weighted by Crippen LogP contribution is -2.27. The quantitative estimate of drug-likeness (QED) is 0.793. The van der Waals surface area contributed by atoms with E-state index in [1.54, 1.807) is 14.2 Å². The normalized spacial score (nSPS) is 19.4. The molecule has 86 valence electrons. The second-order valence-electron chi connectivity index (χ2n) is 3.53. The Morgan fingerprint density at radius 3 is 2.69 bits per heavy atom. The molecule has 1 aromatic rings. The fraction of sp³-hybridized carbons (Fsp3) is 0.364. The third kappa shape index (κ3) is 1.81. The molecule has 1 atom stereocenters. The van der Waals surface area contributed by atoms with Crippen LogP contribution < -0.4 is 20.3 Å². The van der Waals surface area contributed by atoms with Gasteiger partial charge >= 0.3 is 0 Å². The lowest BCUT2D eigenvalue weighted by Gasteiger charge is -2.16. The minimum Gasteiger partial charge on any atom is -0.493 e. The summed E-state index contributed by atoms with van der Waals surface area (Å²) in [5.41, 5.74) is 6.40. The summed E-state index contributed by atoms with van der Waals surface area (Å²) in [4.78, 5) is 11.1. The van der Waals surface area contributed by atoms with Gasteiger partial charge in [-0.15, -0.1) is 0 Å². The van der Waals surface area contributed by atoms with Gasteiger partial charge in [-0.05, 0) is 6.07 Å². The number of methoxy groups -OCH3 is 2. The van der Waals surface area contributed by atoms with Crippen LogP contribution in [0.3, 0.4) is 0 Å². The minimum atomic E-state index is -0.0717. The van der Waals surface area contributed by atoms with E-state index in [2.05, 4.69) is 10.9 Å². The van der Waals surface area contributed by atoms with Gasteiger partial charge in [0.1, 0.15) is 0 Å². The van der Waals surface area contributed by atoms with E-state index in [0.29, 0.717) is 17.9 Å². The van der Waals surface area contributed by atoms with Crippen molar-refractivity contribution in [2.45, 2.75) is 12.5 Å². The van der Waals surface area contributed by atoms with Gasteiger partial charge in [-0.1, -0.05) is 12.1 Å². The summed E-state index contributed by atoms with van der Waals surface area (Å²) in [6.45, 7) is 0. The summed E-state index contributed by atoms with van der Waals surface area (Å²) in [7, 11) is 3.18. The maximum absolute atomic E-state index is 11.1. The number of para-hydroxylation sites is 1. The van der Waals surface area contributed by atoms with E-state index >= 15 is 0 Å². The molecule has 0 radical (unpaired) electrons. The second-order valence-corrected chi connectivity index (χ2v) is 3.53. The van der Waals surface area contributed by atoms with Crippen LogP contribution >= 0.6 is 0 Å². The number of rotatable bonds is 3. The summed E-state index contributed by atoms with van der Waals surface area (Å²) in [6, 6.07) is 5.55. The topological polar surface area (TPSA) is 59.6 Å². The average Bonchev–Trinajstić information content (AvgIpc) is 2.74. The van der Waals surface area contributed by atoms with Crippen molar-refractivity contribution in [2.75, 3.05) is 14.2 Å². The third-order valence-corrected chi connectivity index (χ3v) is 2.58. The van der Waals surface area contributed by atoms with Crippen molar-refractivity contribution in [3.05, 3.63) is 23.8 Å². The molecule has 1 aliphatic rings. The molecule has 0 spiro atoms. The molecule has 0 saturated carbocycles. The van der Waals surface area contributed by atoms with Crippen LogP contribution in [0.4, 0.5) is 0 Å². The average molecular weight is 222 g/mol. The van der Waals surface area contributed by atoms with Gasteiger partial charge in [0.15, 0.2) is 11.5 Å². The molecule has 1 aliphatic heterocycles. The lowest BCUT2D eigenvalue weighted by molar-refractivity contribution is -0.119. The summed E-state index contributed by atoms with van der Waals surface area (Å²) < 4.78 is 10.5. The van der Waals surface area contributed by atoms with Crippen LogP contribution in [-0.2, 0) is 4.79 Å². The molecule has 0 unspecified atom stereocenters. The molecular weight excluding hydrogens is 208 g/mol. The first kappa shape index (κ1) is 10.8. The van der Waals surface area contributed by atoms with Gasteiger partial charge in [-0.25, -0.2) is 5.43 Å². The Morgan fingerprint density at radius 1 is 1.31 bits per heavy atom. The number of amides is 1. The van der Waals surface area contributed by atoms with Crippen LogP contribution in [0.2, 0.25) is 0 Å². The highest BCUT2D eigenvalue weighted by Gasteiger charge is 2.26. The minimum absolute atomic E-state index is 0.0186. The molecule has 2 N–H and O–H groups in total. The van der Waals surface area contributed by atoms with Crippen LogP contribution in [0.25, 0.3) is 0 Å². The van der Waals surface area contributed by atoms with E-state index in [1.807, 2.05) is 18.2 Å². The third-order valence-electron chi connectivity index (χ3n) is 2.58. The van der Waals surface area contributed by atoms with Crippen LogP contribution in [0.5, 0.6) is 11.5 Å². The maximum Gasteiger partial charge on any atom is 0.236 e. The highest BCUT2D eigenvalue weighted by atomic mass is 16.5. The Morgan fingerprint density at radius 2 is 2.12 bits per heavy atom. The zero-order chi connectivity index (χ0) is 11.5. The Hall–Kier alpha value is -1.75. The first-order valence-electron chi connectivity index (χ1n) is 5.01. The van der Waals surface area contributed by atoms with Gasteiger partial charge in [0, 0.05) is 12.0 Å². The fourth-order valence-corrected chi connectivity index (χ4v) is 1.83. The molecule has 0 aliphatic carbocycles. The van der Waals surface area contributed by atoms with E-state index in [4.69, 9.17) is 9.47 Å². The van der Waals surface area contributed by atoms with E-state index in [9.17, 15) is 4.79 Å². The van der Waals surface area contributed by atoms with Gasteiger partial charge in [-0.3, -0.25) is 10.2 Å². The van der Waals surface area contributed by atoms with Gasteiger partial charge in [0.05, 0.1) is 20.3 Å². The summed E-state index contributed by atoms with van der Waals surface area (Å²) in [5.74, 6) is 1.31. The predicted octanol–water partition coefficient (Wildman–Crippen LogP) is 0.769. The molecule has 0 bridgehead atoms. The zero-order valence-corrected chi connectivity index (χ0v) is 9.24. The van der Waals surface area contributed by atoms with E-state index < -0.39 is 0 Å². The molecule has 1 fully saturated rings. The number of hydrogen-bond acceptors (Lipinski definition) is 4. The highest BCUT2D eigenvalue weighted by Crippen LogP contribution is 2.36. The lowest BCUT2D eigenvalue weighted by atomic mass is 10.0. The molecular formula is C11H14N2O3. The Labute approximate surface area is 93.7 Å². The van der Waals surface area contributed by atoms with Crippen LogP contribution in [0, 0.1) is 0 Å². The molecule has 5 nitrogen and oxygen atoms in total. The number of hydrazine groups is 1.